The molecule has 29 heavy (non-hydrogen) atoms. The third kappa shape index (κ3) is 4.29. The number of halogens is 1. The summed E-state index contributed by atoms with van der Waals surface area (Å²) in [7, 11) is 2.98. The zero-order valence-electron chi connectivity index (χ0n) is 15.8. The van der Waals surface area contributed by atoms with E-state index in [4.69, 9.17) is 32.2 Å². The molecule has 150 valence electrons. The summed E-state index contributed by atoms with van der Waals surface area (Å²) >= 11 is 7.27. The highest BCUT2D eigenvalue weighted by atomic mass is 35.5. The average molecular weight is 432 g/mol. The number of rotatable bonds is 7. The van der Waals surface area contributed by atoms with E-state index in [2.05, 4.69) is 5.92 Å². The fraction of sp³-hybridized carbons (Fsp3) is 0.238. The van der Waals surface area contributed by atoms with Crippen LogP contribution in [0.3, 0.4) is 0 Å². The van der Waals surface area contributed by atoms with Crippen LogP contribution in [0.25, 0.3) is 0 Å². The first-order chi connectivity index (χ1) is 14.0. The number of para-hydroxylation sites is 2. The molecule has 6 nitrogen and oxygen atoms in total. The predicted molar refractivity (Wildman–Crippen MR) is 113 cm³/mol. The Bertz CT molecular complexity index is 988. The maximum Gasteiger partial charge on any atom is 0.293 e. The van der Waals surface area contributed by atoms with Crippen molar-refractivity contribution in [3.8, 4) is 29.6 Å². The van der Waals surface area contributed by atoms with Gasteiger partial charge in [0.25, 0.3) is 5.24 Å². The van der Waals surface area contributed by atoms with Crippen LogP contribution in [0, 0.1) is 12.3 Å². The van der Waals surface area contributed by atoms with Crippen molar-refractivity contribution < 1.29 is 23.8 Å². The Kier molecular flexibility index (Phi) is 6.57. The first kappa shape index (κ1) is 20.9. The highest BCUT2D eigenvalue weighted by Gasteiger charge is 2.41. The van der Waals surface area contributed by atoms with E-state index in [0.29, 0.717) is 34.4 Å². The van der Waals surface area contributed by atoms with Crippen LogP contribution in [0.2, 0.25) is 5.02 Å². The maximum atomic E-state index is 13.0. The maximum absolute atomic E-state index is 13.0. The molecule has 0 N–H and O–H groups in total. The van der Waals surface area contributed by atoms with Gasteiger partial charge in [0, 0.05) is 0 Å². The quantitative estimate of drug-likeness (QED) is 0.613. The summed E-state index contributed by atoms with van der Waals surface area (Å²) in [6.45, 7) is 0.0504. The van der Waals surface area contributed by atoms with Crippen molar-refractivity contribution in [2.75, 3.05) is 25.7 Å². The Labute approximate surface area is 178 Å². The van der Waals surface area contributed by atoms with Gasteiger partial charge in [-0.25, -0.2) is 4.90 Å². The Hall–Kier alpha value is -2.82. The lowest BCUT2D eigenvalue weighted by Gasteiger charge is -2.17. The van der Waals surface area contributed by atoms with E-state index in [9.17, 15) is 9.59 Å². The largest absolute Gasteiger partial charge is 0.495 e. The molecule has 1 fully saturated rings. The number of thioether (sulfide) groups is 1. The van der Waals surface area contributed by atoms with Gasteiger partial charge in [-0.2, -0.15) is 0 Å². The number of ether oxygens (including phenoxy) is 3. The summed E-state index contributed by atoms with van der Waals surface area (Å²) in [6.07, 6.45) is 5.52. The minimum Gasteiger partial charge on any atom is -0.495 e. The van der Waals surface area contributed by atoms with E-state index >= 15 is 0 Å². The molecule has 0 aromatic heterocycles. The summed E-state index contributed by atoms with van der Waals surface area (Å²) in [5.41, 5.74) is 1.16. The molecule has 1 aliphatic heterocycles. The van der Waals surface area contributed by atoms with Crippen molar-refractivity contribution >= 4 is 40.2 Å². The first-order valence-corrected chi connectivity index (χ1v) is 9.86. The minimum absolute atomic E-state index is 0.0504. The highest BCUT2D eigenvalue weighted by Crippen LogP contribution is 2.40. The van der Waals surface area contributed by atoms with Crippen LogP contribution in [0.15, 0.2) is 36.4 Å². The molecule has 3 rings (SSSR count). The zero-order valence-corrected chi connectivity index (χ0v) is 17.4. The Morgan fingerprint density at radius 1 is 1.17 bits per heavy atom. The number of hydrogen-bond donors (Lipinski definition) is 0. The van der Waals surface area contributed by atoms with Crippen LogP contribution >= 0.6 is 23.4 Å². The summed E-state index contributed by atoms with van der Waals surface area (Å²) < 4.78 is 16.0. The molecular formula is C21H18ClNO5S. The molecule has 0 bridgehead atoms. The Balaban J connectivity index is 1.84. The molecule has 2 aromatic rings. The molecule has 0 spiro atoms. The summed E-state index contributed by atoms with van der Waals surface area (Å²) in [4.78, 5) is 26.6. The second kappa shape index (κ2) is 9.12. The summed E-state index contributed by atoms with van der Waals surface area (Å²) in [5, 5.41) is -0.625. The van der Waals surface area contributed by atoms with E-state index in [1.54, 1.807) is 36.4 Å². The molecule has 2 aromatic carbocycles. The van der Waals surface area contributed by atoms with Crippen molar-refractivity contribution in [1.82, 2.24) is 0 Å². The number of hydrogen-bond acceptors (Lipinski definition) is 6. The standard InChI is InChI=1S/C21H18ClNO5S/c1-4-9-28-19-14(22)10-13(11-17(19)27-3)12-18-20(24)23(21(25)29-18)15-7-5-6-8-16(15)26-2/h1,5-8,10-11,18H,9,12H2,2-3H3/t18-/m0/s1. The van der Waals surface area contributed by atoms with E-state index in [1.165, 1.54) is 14.2 Å². The van der Waals surface area contributed by atoms with Gasteiger partial charge in [-0.1, -0.05) is 41.4 Å². The molecule has 8 heteroatoms. The lowest BCUT2D eigenvalue weighted by molar-refractivity contribution is -0.117. The molecule has 0 radical (unpaired) electrons. The third-order valence-corrected chi connectivity index (χ3v) is 5.58. The van der Waals surface area contributed by atoms with Crippen molar-refractivity contribution in [3.63, 3.8) is 0 Å². The van der Waals surface area contributed by atoms with E-state index in [0.717, 1.165) is 22.2 Å². The van der Waals surface area contributed by atoms with Crippen LogP contribution < -0.4 is 19.1 Å². The lowest BCUT2D eigenvalue weighted by Crippen LogP contribution is -2.32. The molecule has 1 aliphatic rings. The SMILES string of the molecule is C#CCOc1c(Cl)cc(C[C@@H]2SC(=O)N(c3ccccc3OC)C2=O)cc1OC. The predicted octanol–water partition coefficient (Wildman–Crippen LogP) is 4.18. The van der Waals surface area contributed by atoms with E-state index < -0.39 is 5.25 Å². The van der Waals surface area contributed by atoms with Gasteiger partial charge in [0.2, 0.25) is 5.91 Å². The van der Waals surface area contributed by atoms with E-state index in [-0.39, 0.29) is 17.8 Å². The molecule has 1 atom stereocenters. The number of carbonyl (C=O) groups excluding carboxylic acids is 2. The van der Waals surface area contributed by atoms with Gasteiger partial charge in [0.05, 0.1) is 30.2 Å². The van der Waals surface area contributed by atoms with Gasteiger partial charge in [-0.15, -0.1) is 6.42 Å². The fourth-order valence-electron chi connectivity index (χ4n) is 2.98. The van der Waals surface area contributed by atoms with Crippen LogP contribution in [0.1, 0.15) is 5.56 Å². The van der Waals surface area contributed by atoms with Crippen LogP contribution in [-0.4, -0.2) is 37.2 Å². The fourth-order valence-corrected chi connectivity index (χ4v) is 4.29. The Morgan fingerprint density at radius 3 is 2.59 bits per heavy atom. The summed E-state index contributed by atoms with van der Waals surface area (Å²) in [6, 6.07) is 10.3. The number of amides is 2. The lowest BCUT2D eigenvalue weighted by atomic mass is 10.1. The third-order valence-electron chi connectivity index (χ3n) is 4.26. The number of methoxy groups -OCH3 is 2. The average Bonchev–Trinajstić information content (AvgIpc) is 2.99. The summed E-state index contributed by atoms with van der Waals surface area (Å²) in [5.74, 6) is 3.26. The van der Waals surface area contributed by atoms with Crippen LogP contribution in [-0.2, 0) is 11.2 Å². The van der Waals surface area contributed by atoms with Gasteiger partial charge in [-0.05, 0) is 36.2 Å². The second-order valence-electron chi connectivity index (χ2n) is 6.02. The van der Waals surface area contributed by atoms with Gasteiger partial charge in [-0.3, -0.25) is 9.59 Å². The number of carbonyl (C=O) groups is 2. The topological polar surface area (TPSA) is 65.1 Å². The van der Waals surface area contributed by atoms with Gasteiger partial charge in [0.1, 0.15) is 12.4 Å². The number of nitrogens with zero attached hydrogens (tertiary/aromatic N) is 1. The smallest absolute Gasteiger partial charge is 0.293 e. The van der Waals surface area contributed by atoms with Gasteiger partial charge < -0.3 is 14.2 Å². The van der Waals surface area contributed by atoms with Crippen molar-refractivity contribution in [1.29, 1.82) is 0 Å². The highest BCUT2D eigenvalue weighted by molar-refractivity contribution is 8.15. The normalized spacial score (nSPS) is 15.9. The monoisotopic (exact) mass is 431 g/mol. The Morgan fingerprint density at radius 2 is 1.90 bits per heavy atom. The molecule has 0 aliphatic carbocycles. The minimum atomic E-state index is -0.592. The van der Waals surface area contributed by atoms with E-state index in [1.807, 2.05) is 0 Å². The number of anilines is 1. The molecule has 0 unspecified atom stereocenters. The van der Waals surface area contributed by atoms with Crippen LogP contribution in [0.5, 0.6) is 17.2 Å². The molecule has 0 saturated carbocycles. The van der Waals surface area contributed by atoms with Crippen molar-refractivity contribution in [3.05, 3.63) is 47.0 Å². The van der Waals surface area contributed by atoms with Crippen molar-refractivity contribution in [2.45, 2.75) is 11.7 Å². The van der Waals surface area contributed by atoms with Gasteiger partial charge >= 0.3 is 0 Å². The zero-order chi connectivity index (χ0) is 21.0. The van der Waals surface area contributed by atoms with Gasteiger partial charge in [0.15, 0.2) is 11.5 Å². The number of imide groups is 1. The number of terminal acetylenes is 1. The molecule has 1 saturated heterocycles. The van der Waals surface area contributed by atoms with Crippen molar-refractivity contribution in [2.24, 2.45) is 0 Å². The molecule has 2 amide bonds. The number of benzene rings is 2. The molecule has 1 heterocycles. The molecular weight excluding hydrogens is 414 g/mol. The van der Waals surface area contributed by atoms with Crippen LogP contribution in [0.4, 0.5) is 10.5 Å². The first-order valence-electron chi connectivity index (χ1n) is 8.60. The second-order valence-corrected chi connectivity index (χ2v) is 7.59.